The van der Waals surface area contributed by atoms with Gasteiger partial charge in [-0.25, -0.2) is 4.98 Å². The molecule has 1 spiro atoms. The van der Waals surface area contributed by atoms with Crippen LogP contribution in [0.1, 0.15) is 43.4 Å². The van der Waals surface area contributed by atoms with E-state index in [-0.39, 0.29) is 5.91 Å². The molecular weight excluding hydrogens is 388 g/mol. The Hall–Kier alpha value is -2.44. The number of carbonyl (C=O) groups is 1. The molecule has 0 radical (unpaired) electrons. The highest BCUT2D eigenvalue weighted by atomic mass is 16.5. The summed E-state index contributed by atoms with van der Waals surface area (Å²) in [4.78, 5) is 22.4. The maximum Gasteiger partial charge on any atom is 0.236 e. The maximum atomic E-state index is 13.0. The van der Waals surface area contributed by atoms with E-state index in [0.29, 0.717) is 0 Å². The van der Waals surface area contributed by atoms with Crippen molar-refractivity contribution in [2.45, 2.75) is 45.6 Å². The van der Waals surface area contributed by atoms with Crippen LogP contribution < -0.4 is 10.2 Å². The first-order valence-corrected chi connectivity index (χ1v) is 11.6. The molecular formula is C25H34N4O2. The molecule has 2 saturated heterocycles. The van der Waals surface area contributed by atoms with Gasteiger partial charge >= 0.3 is 0 Å². The molecule has 166 valence electrons. The first kappa shape index (κ1) is 21.8. The predicted molar refractivity (Wildman–Crippen MR) is 125 cm³/mol. The number of aromatic nitrogens is 1. The number of benzene rings is 1. The molecule has 4 heterocycles. The number of aryl methyl sites for hydroxylation is 1. The number of nitrogens with zero attached hydrogens (tertiary/aromatic N) is 3. The van der Waals surface area contributed by atoms with Crippen molar-refractivity contribution in [3.63, 3.8) is 0 Å². The number of ether oxygens (including phenoxy) is 1. The van der Waals surface area contributed by atoms with Crippen molar-refractivity contribution in [2.75, 3.05) is 49.6 Å². The van der Waals surface area contributed by atoms with Gasteiger partial charge in [-0.05, 0) is 43.5 Å². The van der Waals surface area contributed by atoms with Crippen molar-refractivity contribution in [2.24, 2.45) is 0 Å². The third-order valence-corrected chi connectivity index (χ3v) is 6.65. The monoisotopic (exact) mass is 422 g/mol. The number of hydrogen-bond acceptors (Lipinski definition) is 5. The molecule has 3 aliphatic heterocycles. The summed E-state index contributed by atoms with van der Waals surface area (Å²) in [5.74, 6) is 0.872. The van der Waals surface area contributed by atoms with Gasteiger partial charge in [0.25, 0.3) is 0 Å². The number of nitrogens with one attached hydrogen (secondary N) is 1. The zero-order valence-electron chi connectivity index (χ0n) is 19.0. The molecule has 1 aromatic carbocycles. The van der Waals surface area contributed by atoms with E-state index in [9.17, 15) is 4.79 Å². The van der Waals surface area contributed by atoms with Crippen molar-refractivity contribution < 1.29 is 9.53 Å². The largest absolute Gasteiger partial charge is 0.379 e. The highest BCUT2D eigenvalue weighted by Gasteiger charge is 2.49. The molecule has 1 N–H and O–H groups in total. The van der Waals surface area contributed by atoms with Crippen molar-refractivity contribution >= 4 is 17.4 Å². The lowest BCUT2D eigenvalue weighted by Crippen LogP contribution is -2.46. The second-order valence-corrected chi connectivity index (χ2v) is 8.49. The van der Waals surface area contributed by atoms with Crippen LogP contribution in [0.3, 0.4) is 0 Å². The Morgan fingerprint density at radius 3 is 2.42 bits per heavy atom. The van der Waals surface area contributed by atoms with Crippen LogP contribution in [0.4, 0.5) is 11.5 Å². The summed E-state index contributed by atoms with van der Waals surface area (Å²) >= 11 is 0. The van der Waals surface area contributed by atoms with Crippen LogP contribution in [0.15, 0.2) is 36.5 Å². The number of anilines is 2. The minimum atomic E-state index is -0.440. The van der Waals surface area contributed by atoms with Gasteiger partial charge in [-0.1, -0.05) is 31.5 Å². The molecule has 0 bridgehead atoms. The average Bonchev–Trinajstić information content (AvgIpc) is 3.08. The summed E-state index contributed by atoms with van der Waals surface area (Å²) in [6.45, 7) is 12.2. The van der Waals surface area contributed by atoms with E-state index in [2.05, 4.69) is 57.4 Å². The molecule has 3 aliphatic rings. The quantitative estimate of drug-likeness (QED) is 0.817. The number of hydrogen-bond donors (Lipinski definition) is 1. The fraction of sp³-hybridized carbons (Fsp3) is 0.520. The van der Waals surface area contributed by atoms with Crippen LogP contribution in [0, 0.1) is 6.92 Å². The molecule has 6 nitrogen and oxygen atoms in total. The molecule has 1 amide bonds. The molecule has 0 aliphatic carbocycles. The molecule has 31 heavy (non-hydrogen) atoms. The van der Waals surface area contributed by atoms with Gasteiger partial charge in [-0.3, -0.25) is 9.69 Å². The van der Waals surface area contributed by atoms with Crippen molar-refractivity contribution in [1.82, 2.24) is 9.88 Å². The third kappa shape index (κ3) is 4.32. The molecule has 6 heteroatoms. The summed E-state index contributed by atoms with van der Waals surface area (Å²) in [5, 5.41) is 3.05. The summed E-state index contributed by atoms with van der Waals surface area (Å²) in [7, 11) is 0. The van der Waals surface area contributed by atoms with Gasteiger partial charge in [0.15, 0.2) is 0 Å². The molecule has 5 rings (SSSR count). The van der Waals surface area contributed by atoms with Crippen LogP contribution in [0.5, 0.6) is 0 Å². The number of amides is 1. The highest BCUT2D eigenvalue weighted by molar-refractivity contribution is 6.05. The fourth-order valence-electron chi connectivity index (χ4n) is 4.82. The second kappa shape index (κ2) is 9.37. The van der Waals surface area contributed by atoms with Gasteiger partial charge < -0.3 is 15.0 Å². The maximum absolute atomic E-state index is 13.0. The summed E-state index contributed by atoms with van der Waals surface area (Å²) in [6.07, 6.45) is 3.56. The second-order valence-electron chi connectivity index (χ2n) is 8.49. The molecule has 0 unspecified atom stereocenters. The average molecular weight is 423 g/mol. The Morgan fingerprint density at radius 1 is 1.06 bits per heavy atom. The van der Waals surface area contributed by atoms with Crippen molar-refractivity contribution in [3.8, 4) is 0 Å². The van der Waals surface area contributed by atoms with Crippen LogP contribution in [-0.4, -0.2) is 55.2 Å². The lowest BCUT2D eigenvalue weighted by atomic mass is 9.73. The topological polar surface area (TPSA) is 57.7 Å². The Morgan fingerprint density at radius 2 is 1.74 bits per heavy atom. The number of pyridine rings is 1. The zero-order chi connectivity index (χ0) is 21.8. The smallest absolute Gasteiger partial charge is 0.236 e. The number of rotatable bonds is 3. The van der Waals surface area contributed by atoms with E-state index in [1.165, 1.54) is 16.8 Å². The van der Waals surface area contributed by atoms with Crippen LogP contribution in [-0.2, 0) is 21.5 Å². The van der Waals surface area contributed by atoms with E-state index in [1.807, 2.05) is 20.0 Å². The van der Waals surface area contributed by atoms with Gasteiger partial charge in [0.05, 0.1) is 18.6 Å². The predicted octanol–water partition coefficient (Wildman–Crippen LogP) is 3.74. The third-order valence-electron chi connectivity index (χ3n) is 6.65. The van der Waals surface area contributed by atoms with Gasteiger partial charge in [0, 0.05) is 50.2 Å². The van der Waals surface area contributed by atoms with Crippen molar-refractivity contribution in [3.05, 3.63) is 53.2 Å². The number of morpholine rings is 1. The van der Waals surface area contributed by atoms with Crippen LogP contribution >= 0.6 is 0 Å². The van der Waals surface area contributed by atoms with Crippen LogP contribution in [0.2, 0.25) is 0 Å². The van der Waals surface area contributed by atoms with E-state index in [4.69, 9.17) is 4.74 Å². The SMILES string of the molecule is CC.Cc1ccc(N2CCC3(CC2)C(=O)Nc2ncc(CN4CCOCC4)cc23)cc1. The molecule has 2 aromatic rings. The van der Waals surface area contributed by atoms with E-state index >= 15 is 0 Å². The first-order valence-electron chi connectivity index (χ1n) is 11.6. The fourth-order valence-corrected chi connectivity index (χ4v) is 4.82. The molecule has 0 atom stereocenters. The van der Waals surface area contributed by atoms with E-state index in [1.54, 1.807) is 0 Å². The summed E-state index contributed by atoms with van der Waals surface area (Å²) in [5.41, 5.74) is 4.35. The minimum Gasteiger partial charge on any atom is -0.379 e. The number of piperidine rings is 1. The number of fused-ring (bicyclic) bond motifs is 2. The zero-order valence-corrected chi connectivity index (χ0v) is 19.0. The lowest BCUT2D eigenvalue weighted by molar-refractivity contribution is -0.121. The summed E-state index contributed by atoms with van der Waals surface area (Å²) in [6, 6.07) is 10.9. The number of carbonyl (C=O) groups excluding carboxylic acids is 1. The lowest BCUT2D eigenvalue weighted by Gasteiger charge is -2.39. The van der Waals surface area contributed by atoms with Gasteiger partial charge in [-0.2, -0.15) is 0 Å². The van der Waals surface area contributed by atoms with Crippen LogP contribution in [0.25, 0.3) is 0 Å². The standard InChI is InChI=1S/C23H28N4O2.C2H6/c1-17-2-4-19(5-3-17)27-8-6-23(7-9-27)20-14-18(15-24-21(20)25-22(23)28)16-26-10-12-29-13-11-26;1-2/h2-5,14-15H,6-13,16H2,1H3,(H,24,25,28);1-2H3. The van der Waals surface area contributed by atoms with E-state index in [0.717, 1.165) is 70.2 Å². The minimum absolute atomic E-state index is 0.118. The Labute approximate surface area is 185 Å². The molecule has 2 fully saturated rings. The Bertz CT molecular complexity index is 898. The van der Waals surface area contributed by atoms with Gasteiger partial charge in [0.2, 0.25) is 5.91 Å². The summed E-state index contributed by atoms with van der Waals surface area (Å²) < 4.78 is 5.45. The van der Waals surface area contributed by atoms with Gasteiger partial charge in [-0.15, -0.1) is 0 Å². The normalized spacial score (nSPS) is 20.1. The Balaban J connectivity index is 0.00000112. The first-order chi connectivity index (χ1) is 15.1. The van der Waals surface area contributed by atoms with Gasteiger partial charge in [0.1, 0.15) is 5.82 Å². The van der Waals surface area contributed by atoms with Crippen molar-refractivity contribution in [1.29, 1.82) is 0 Å². The highest BCUT2D eigenvalue weighted by Crippen LogP contribution is 2.45. The Kier molecular flexibility index (Phi) is 6.58. The van der Waals surface area contributed by atoms with E-state index < -0.39 is 5.41 Å². The molecule has 1 aromatic heterocycles. The molecule has 0 saturated carbocycles.